The first-order valence-electron chi connectivity index (χ1n) is 15.5. The Bertz CT molecular complexity index is 1170. The predicted octanol–water partition coefficient (Wildman–Crippen LogP) is 4.25. The molecule has 4 rings (SSSR count). The first-order valence-corrected chi connectivity index (χ1v) is 15.5. The molecule has 2 saturated heterocycles. The normalized spacial score (nSPS) is 20.2. The third kappa shape index (κ3) is 7.39. The fourth-order valence-corrected chi connectivity index (χ4v) is 6.22. The summed E-state index contributed by atoms with van der Waals surface area (Å²) in [7, 11) is 0. The molecule has 42 heavy (non-hydrogen) atoms. The molecular weight excluding hydrogens is 528 g/mol. The number of rotatable bonds is 12. The summed E-state index contributed by atoms with van der Waals surface area (Å²) < 4.78 is 0. The molecule has 8 nitrogen and oxygen atoms in total. The monoisotopic (exact) mass is 574 g/mol. The lowest BCUT2D eigenvalue weighted by Gasteiger charge is -2.39. The van der Waals surface area contributed by atoms with E-state index in [1.807, 2.05) is 79.4 Å². The van der Waals surface area contributed by atoms with Crippen molar-refractivity contribution in [1.29, 1.82) is 0 Å². The third-order valence-electron chi connectivity index (χ3n) is 8.53. The zero-order valence-corrected chi connectivity index (χ0v) is 25.4. The minimum atomic E-state index is -0.768. The van der Waals surface area contributed by atoms with Crippen molar-refractivity contribution in [1.82, 2.24) is 20.4 Å². The van der Waals surface area contributed by atoms with Crippen molar-refractivity contribution in [2.75, 3.05) is 13.1 Å². The molecule has 2 N–H and O–H groups in total. The Labute approximate surface area is 250 Å². The van der Waals surface area contributed by atoms with E-state index in [1.165, 1.54) is 0 Å². The van der Waals surface area contributed by atoms with E-state index in [0.29, 0.717) is 38.3 Å². The zero-order valence-electron chi connectivity index (χ0n) is 25.4. The molecule has 2 aliphatic rings. The van der Waals surface area contributed by atoms with Crippen molar-refractivity contribution in [2.24, 2.45) is 5.92 Å². The maximum atomic E-state index is 14.3. The van der Waals surface area contributed by atoms with Gasteiger partial charge in [0.25, 0.3) is 0 Å². The van der Waals surface area contributed by atoms with Gasteiger partial charge in [0.15, 0.2) is 0 Å². The molecule has 4 amide bonds. The number of carbonyl (C=O) groups is 4. The van der Waals surface area contributed by atoms with Gasteiger partial charge in [0.2, 0.25) is 23.6 Å². The molecule has 2 aliphatic heterocycles. The Morgan fingerprint density at radius 1 is 0.929 bits per heavy atom. The maximum Gasteiger partial charge on any atom is 0.246 e. The quantitative estimate of drug-likeness (QED) is 0.396. The van der Waals surface area contributed by atoms with Gasteiger partial charge in [-0.1, -0.05) is 81.4 Å². The smallest absolute Gasteiger partial charge is 0.246 e. The Kier molecular flexibility index (Phi) is 10.8. The number of likely N-dealkylation sites (tertiary alicyclic amines) is 2. The standard InChI is InChI=1S/C34H46N4O4/c1-5-27(35-29(39)19-18-23(2)3)32(40)36-28-22-24(4)38(33(28)41)31(34(42)37-20-12-13-21-37)30(25-14-8-6-9-15-25)26-16-10-7-11-17-26/h6-11,14-17,23-24,27-28,30-31H,5,12-13,18-22H2,1-4H3,(H,35,39)(H,36,40)/t24?,27-,28-,31-/m0/s1. The van der Waals surface area contributed by atoms with Crippen molar-refractivity contribution in [3.8, 4) is 0 Å². The lowest BCUT2D eigenvalue weighted by atomic mass is 9.83. The first-order chi connectivity index (χ1) is 20.2. The zero-order chi connectivity index (χ0) is 30.2. The Morgan fingerprint density at radius 2 is 1.50 bits per heavy atom. The molecule has 0 saturated carbocycles. The summed E-state index contributed by atoms with van der Waals surface area (Å²) in [5, 5.41) is 5.76. The van der Waals surface area contributed by atoms with Crippen LogP contribution in [0.4, 0.5) is 0 Å². The van der Waals surface area contributed by atoms with E-state index >= 15 is 0 Å². The molecule has 0 bridgehead atoms. The van der Waals surface area contributed by atoms with Crippen molar-refractivity contribution >= 4 is 23.6 Å². The molecule has 2 heterocycles. The maximum absolute atomic E-state index is 14.3. The molecule has 226 valence electrons. The molecule has 1 unspecified atom stereocenters. The highest BCUT2D eigenvalue weighted by molar-refractivity contribution is 5.96. The number of carbonyl (C=O) groups excluding carboxylic acids is 4. The van der Waals surface area contributed by atoms with Gasteiger partial charge >= 0.3 is 0 Å². The number of amides is 4. The van der Waals surface area contributed by atoms with Crippen LogP contribution in [0.15, 0.2) is 60.7 Å². The van der Waals surface area contributed by atoms with Crippen molar-refractivity contribution < 1.29 is 19.2 Å². The SMILES string of the molecule is CC[C@H](NC(=O)CCC(C)C)C(=O)N[C@H]1CC(C)N([C@H](C(=O)N2CCCC2)C(c2ccccc2)c2ccccc2)C1=O. The second-order valence-corrected chi connectivity index (χ2v) is 12.1. The minimum Gasteiger partial charge on any atom is -0.344 e. The fourth-order valence-electron chi connectivity index (χ4n) is 6.22. The van der Waals surface area contributed by atoms with Gasteiger partial charge in [0.1, 0.15) is 18.1 Å². The number of hydrogen-bond acceptors (Lipinski definition) is 4. The van der Waals surface area contributed by atoms with Gasteiger partial charge < -0.3 is 20.4 Å². The van der Waals surface area contributed by atoms with E-state index in [0.717, 1.165) is 30.4 Å². The van der Waals surface area contributed by atoms with Crippen LogP contribution in [0.2, 0.25) is 0 Å². The number of benzene rings is 2. The van der Waals surface area contributed by atoms with Crippen LogP contribution in [0.3, 0.4) is 0 Å². The van der Waals surface area contributed by atoms with Crippen molar-refractivity contribution in [3.63, 3.8) is 0 Å². The van der Waals surface area contributed by atoms with E-state index in [1.54, 1.807) is 4.90 Å². The molecule has 2 aromatic carbocycles. The van der Waals surface area contributed by atoms with E-state index < -0.39 is 18.1 Å². The van der Waals surface area contributed by atoms with Gasteiger partial charge in [-0.05, 0) is 56.1 Å². The van der Waals surface area contributed by atoms with Crippen LogP contribution in [0, 0.1) is 5.92 Å². The number of nitrogens with zero attached hydrogens (tertiary/aromatic N) is 2. The molecule has 0 aromatic heterocycles. The summed E-state index contributed by atoms with van der Waals surface area (Å²) in [6.07, 6.45) is 3.80. The molecule has 2 fully saturated rings. The largest absolute Gasteiger partial charge is 0.344 e. The van der Waals surface area contributed by atoms with E-state index in [9.17, 15) is 19.2 Å². The van der Waals surface area contributed by atoms with Gasteiger partial charge in [-0.2, -0.15) is 0 Å². The van der Waals surface area contributed by atoms with Crippen LogP contribution in [0.5, 0.6) is 0 Å². The molecule has 0 radical (unpaired) electrons. The van der Waals surface area contributed by atoms with Crippen LogP contribution in [-0.4, -0.2) is 70.7 Å². The number of hydrogen-bond donors (Lipinski definition) is 2. The van der Waals surface area contributed by atoms with Crippen molar-refractivity contribution in [2.45, 2.75) is 96.3 Å². The van der Waals surface area contributed by atoms with Crippen molar-refractivity contribution in [3.05, 3.63) is 71.8 Å². The molecule has 0 spiro atoms. The summed E-state index contributed by atoms with van der Waals surface area (Å²) in [5.74, 6) is -0.825. The van der Waals surface area contributed by atoms with Gasteiger partial charge in [0, 0.05) is 31.5 Å². The predicted molar refractivity (Wildman–Crippen MR) is 163 cm³/mol. The van der Waals surface area contributed by atoms with E-state index in [-0.39, 0.29) is 35.6 Å². The second kappa shape index (κ2) is 14.5. The number of nitrogens with one attached hydrogen (secondary N) is 2. The van der Waals surface area contributed by atoms with Gasteiger partial charge in [-0.15, -0.1) is 0 Å². The van der Waals surface area contributed by atoms with Crippen LogP contribution in [-0.2, 0) is 19.2 Å². The third-order valence-corrected chi connectivity index (χ3v) is 8.53. The lowest BCUT2D eigenvalue weighted by molar-refractivity contribution is -0.146. The van der Waals surface area contributed by atoms with E-state index in [2.05, 4.69) is 24.5 Å². The Morgan fingerprint density at radius 3 is 2.02 bits per heavy atom. The molecule has 8 heteroatoms. The second-order valence-electron chi connectivity index (χ2n) is 12.1. The summed E-state index contributed by atoms with van der Waals surface area (Å²) >= 11 is 0. The highest BCUT2D eigenvalue weighted by Gasteiger charge is 2.49. The van der Waals surface area contributed by atoms with E-state index in [4.69, 9.17) is 0 Å². The fraction of sp³-hybridized carbons (Fsp3) is 0.529. The minimum absolute atomic E-state index is 0.0544. The highest BCUT2D eigenvalue weighted by Crippen LogP contribution is 2.36. The lowest BCUT2D eigenvalue weighted by Crippen LogP contribution is -2.56. The average molecular weight is 575 g/mol. The summed E-state index contributed by atoms with van der Waals surface area (Å²) in [6, 6.07) is 17.3. The molecule has 2 aromatic rings. The Balaban J connectivity index is 1.61. The Hall–Kier alpha value is -3.68. The van der Waals surface area contributed by atoms with Gasteiger partial charge in [0.05, 0.1) is 0 Å². The summed E-state index contributed by atoms with van der Waals surface area (Å²) in [6.45, 7) is 9.25. The van der Waals surface area contributed by atoms with Crippen LogP contribution >= 0.6 is 0 Å². The van der Waals surface area contributed by atoms with Crippen LogP contribution in [0.1, 0.15) is 83.3 Å². The van der Waals surface area contributed by atoms with Crippen LogP contribution in [0.25, 0.3) is 0 Å². The summed E-state index contributed by atoms with van der Waals surface area (Å²) in [5.41, 5.74) is 1.92. The molecule has 4 atom stereocenters. The average Bonchev–Trinajstić information content (AvgIpc) is 3.62. The summed E-state index contributed by atoms with van der Waals surface area (Å²) in [4.78, 5) is 57.8. The molecule has 0 aliphatic carbocycles. The molecular formula is C34H46N4O4. The van der Waals surface area contributed by atoms with Crippen LogP contribution < -0.4 is 10.6 Å². The van der Waals surface area contributed by atoms with Gasteiger partial charge in [-0.3, -0.25) is 19.2 Å². The topological polar surface area (TPSA) is 98.8 Å². The highest BCUT2D eigenvalue weighted by atomic mass is 16.2. The first kappa shape index (κ1) is 31.3. The van der Waals surface area contributed by atoms with Gasteiger partial charge in [-0.25, -0.2) is 0 Å².